The minimum Gasteiger partial charge on any atom is -0.305 e. The van der Waals surface area contributed by atoms with Crippen molar-refractivity contribution in [2.24, 2.45) is 5.92 Å². The Labute approximate surface area is 116 Å². The molecule has 18 heavy (non-hydrogen) atoms. The Morgan fingerprint density at radius 3 is 2.33 bits per heavy atom. The summed E-state index contributed by atoms with van der Waals surface area (Å²) in [6.07, 6.45) is 0.678. The van der Waals surface area contributed by atoms with Crippen LogP contribution in [0.5, 0.6) is 0 Å². The van der Waals surface area contributed by atoms with Gasteiger partial charge in [0.05, 0.1) is 0 Å². The maximum Gasteiger partial charge on any atom is 0.281 e. The van der Waals surface area contributed by atoms with E-state index in [2.05, 4.69) is 11.8 Å². The van der Waals surface area contributed by atoms with Crippen LogP contribution in [0.3, 0.4) is 0 Å². The summed E-state index contributed by atoms with van der Waals surface area (Å²) in [5.41, 5.74) is 0. The van der Waals surface area contributed by atoms with Gasteiger partial charge < -0.3 is 4.90 Å². The Hall–Kier alpha value is 0.120. The molecule has 1 heterocycles. The van der Waals surface area contributed by atoms with Crippen molar-refractivity contribution in [2.75, 3.05) is 46.7 Å². The van der Waals surface area contributed by atoms with Gasteiger partial charge in [-0.2, -0.15) is 17.0 Å². The van der Waals surface area contributed by atoms with Crippen LogP contribution < -0.4 is 0 Å². The first-order chi connectivity index (χ1) is 8.30. The predicted molar refractivity (Wildman–Crippen MR) is 75.1 cm³/mol. The third-order valence-electron chi connectivity index (χ3n) is 3.53. The van der Waals surface area contributed by atoms with Gasteiger partial charge in [0.2, 0.25) is 0 Å². The number of hydrogen-bond acceptors (Lipinski definition) is 3. The van der Waals surface area contributed by atoms with Crippen LogP contribution in [0.25, 0.3) is 0 Å². The fourth-order valence-electron chi connectivity index (χ4n) is 2.36. The van der Waals surface area contributed by atoms with Crippen molar-refractivity contribution in [3.05, 3.63) is 0 Å². The number of alkyl halides is 1. The zero-order valence-electron chi connectivity index (χ0n) is 11.6. The molecule has 0 N–H and O–H groups in total. The molecule has 0 amide bonds. The zero-order chi connectivity index (χ0) is 13.9. The van der Waals surface area contributed by atoms with Crippen molar-refractivity contribution in [3.8, 4) is 0 Å². The van der Waals surface area contributed by atoms with Crippen LogP contribution in [-0.2, 0) is 10.2 Å². The molecule has 0 radical (unpaired) electrons. The van der Waals surface area contributed by atoms with Gasteiger partial charge in [-0.3, -0.25) is 0 Å². The Balaban J connectivity index is 2.70. The molecule has 1 saturated heterocycles. The lowest BCUT2D eigenvalue weighted by Gasteiger charge is -2.25. The maximum absolute atomic E-state index is 12.3. The van der Waals surface area contributed by atoms with Crippen molar-refractivity contribution >= 4 is 21.8 Å². The lowest BCUT2D eigenvalue weighted by Crippen LogP contribution is -2.42. The molecule has 0 bridgehead atoms. The molecule has 1 aliphatic rings. The molecule has 0 saturated carbocycles. The van der Waals surface area contributed by atoms with Gasteiger partial charge in [-0.25, -0.2) is 0 Å². The molecule has 5 nitrogen and oxygen atoms in total. The molecular formula is C11H24ClN3O2S. The standard InChI is InChI=1S/C11H24ClN3O2S/c1-10-8-15(9-11(10)13(2)3)18(16,17)14(4)7-5-6-12/h10-11H,5-9H2,1-4H3. The Morgan fingerprint density at radius 1 is 1.28 bits per heavy atom. The summed E-state index contributed by atoms with van der Waals surface area (Å²) >= 11 is 5.60. The highest BCUT2D eigenvalue weighted by molar-refractivity contribution is 7.86. The van der Waals surface area contributed by atoms with Crippen molar-refractivity contribution < 1.29 is 8.42 Å². The second kappa shape index (κ2) is 6.52. The molecule has 0 aromatic rings. The molecule has 1 rings (SSSR count). The lowest BCUT2D eigenvalue weighted by atomic mass is 10.1. The van der Waals surface area contributed by atoms with Crippen LogP contribution in [0.1, 0.15) is 13.3 Å². The van der Waals surface area contributed by atoms with Gasteiger partial charge in [-0.15, -0.1) is 11.6 Å². The van der Waals surface area contributed by atoms with E-state index in [1.165, 1.54) is 4.31 Å². The molecule has 108 valence electrons. The molecule has 0 aromatic heterocycles. The summed E-state index contributed by atoms with van der Waals surface area (Å²) in [4.78, 5) is 2.10. The van der Waals surface area contributed by atoms with Crippen molar-refractivity contribution in [1.29, 1.82) is 0 Å². The van der Waals surface area contributed by atoms with Crippen molar-refractivity contribution in [2.45, 2.75) is 19.4 Å². The topological polar surface area (TPSA) is 43.9 Å². The number of hydrogen-bond donors (Lipinski definition) is 0. The summed E-state index contributed by atoms with van der Waals surface area (Å²) in [5.74, 6) is 0.840. The number of nitrogens with zero attached hydrogens (tertiary/aromatic N) is 3. The number of likely N-dealkylation sites (N-methyl/N-ethyl adjacent to an activating group) is 1. The summed E-state index contributed by atoms with van der Waals surface area (Å²) in [6, 6.07) is 0.293. The van der Waals surface area contributed by atoms with Crippen LogP contribution in [-0.4, -0.2) is 74.6 Å². The highest BCUT2D eigenvalue weighted by atomic mass is 35.5. The quantitative estimate of drug-likeness (QED) is 0.677. The Morgan fingerprint density at radius 2 is 1.89 bits per heavy atom. The first-order valence-electron chi connectivity index (χ1n) is 6.24. The summed E-state index contributed by atoms with van der Waals surface area (Å²) in [6.45, 7) is 3.74. The normalized spacial score (nSPS) is 26.4. The van der Waals surface area contributed by atoms with E-state index >= 15 is 0 Å². The fourth-order valence-corrected chi connectivity index (χ4v) is 4.00. The summed E-state index contributed by atoms with van der Waals surface area (Å²) in [7, 11) is 2.28. The predicted octanol–water partition coefficient (Wildman–Crippen LogP) is 0.674. The largest absolute Gasteiger partial charge is 0.305 e. The fraction of sp³-hybridized carbons (Fsp3) is 1.00. The zero-order valence-corrected chi connectivity index (χ0v) is 13.2. The van der Waals surface area contributed by atoms with Gasteiger partial charge in [-0.05, 0) is 26.4 Å². The second-order valence-corrected chi connectivity index (χ2v) is 7.61. The molecule has 2 atom stereocenters. The first-order valence-corrected chi connectivity index (χ1v) is 8.17. The lowest BCUT2D eigenvalue weighted by molar-refractivity contribution is 0.262. The van der Waals surface area contributed by atoms with E-state index in [0.717, 1.165) is 0 Å². The van der Waals surface area contributed by atoms with E-state index in [9.17, 15) is 8.42 Å². The van der Waals surface area contributed by atoms with Crippen molar-refractivity contribution in [1.82, 2.24) is 13.5 Å². The van der Waals surface area contributed by atoms with Gasteiger partial charge in [0.25, 0.3) is 10.2 Å². The van der Waals surface area contributed by atoms with Crippen LogP contribution in [0.15, 0.2) is 0 Å². The van der Waals surface area contributed by atoms with Gasteiger partial charge in [0.15, 0.2) is 0 Å². The highest BCUT2D eigenvalue weighted by Crippen LogP contribution is 2.23. The summed E-state index contributed by atoms with van der Waals surface area (Å²) in [5, 5.41) is 0. The van der Waals surface area contributed by atoms with Crippen LogP contribution in [0, 0.1) is 5.92 Å². The third kappa shape index (κ3) is 3.57. The minimum atomic E-state index is -3.33. The van der Waals surface area contributed by atoms with E-state index in [1.807, 2.05) is 14.1 Å². The number of halogens is 1. The number of rotatable bonds is 6. The highest BCUT2D eigenvalue weighted by Gasteiger charge is 2.38. The molecule has 7 heteroatoms. The SMILES string of the molecule is CC1CN(S(=O)(=O)N(C)CCCCl)CC1N(C)C. The average molecular weight is 298 g/mol. The first kappa shape index (κ1) is 16.2. The maximum atomic E-state index is 12.3. The van der Waals surface area contributed by atoms with Gasteiger partial charge in [-0.1, -0.05) is 6.92 Å². The molecule has 2 unspecified atom stereocenters. The molecule has 1 aliphatic heterocycles. The average Bonchev–Trinajstić information content (AvgIpc) is 2.68. The van der Waals surface area contributed by atoms with Crippen molar-refractivity contribution in [3.63, 3.8) is 0 Å². The van der Waals surface area contributed by atoms with E-state index in [0.29, 0.717) is 43.9 Å². The van der Waals surface area contributed by atoms with E-state index in [-0.39, 0.29) is 0 Å². The molecule has 0 aliphatic carbocycles. The molecular weight excluding hydrogens is 274 g/mol. The smallest absolute Gasteiger partial charge is 0.281 e. The molecule has 0 aromatic carbocycles. The molecule has 0 spiro atoms. The van der Waals surface area contributed by atoms with Gasteiger partial charge >= 0.3 is 0 Å². The van der Waals surface area contributed by atoms with Crippen LogP contribution in [0.4, 0.5) is 0 Å². The van der Waals surface area contributed by atoms with E-state index in [1.54, 1.807) is 11.4 Å². The van der Waals surface area contributed by atoms with Gasteiger partial charge in [0, 0.05) is 38.6 Å². The van der Waals surface area contributed by atoms with Crippen LogP contribution >= 0.6 is 11.6 Å². The monoisotopic (exact) mass is 297 g/mol. The van der Waals surface area contributed by atoms with Crippen LogP contribution in [0.2, 0.25) is 0 Å². The van der Waals surface area contributed by atoms with Gasteiger partial charge in [0.1, 0.15) is 0 Å². The Bertz CT molecular complexity index is 361. The van der Waals surface area contributed by atoms with E-state index < -0.39 is 10.2 Å². The molecule has 1 fully saturated rings. The Kier molecular flexibility index (Phi) is 5.86. The minimum absolute atomic E-state index is 0.293. The van der Waals surface area contributed by atoms with E-state index in [4.69, 9.17) is 11.6 Å². The second-order valence-electron chi connectivity index (χ2n) is 5.20. The summed E-state index contributed by atoms with van der Waals surface area (Å²) < 4.78 is 27.7. The third-order valence-corrected chi connectivity index (χ3v) is 5.72.